The zero-order valence-corrected chi connectivity index (χ0v) is 28.7. The minimum absolute atomic E-state index is 0.0799. The number of carbonyl (C=O) groups excluding carboxylic acids is 2. The number of ether oxygens (including phenoxy) is 2. The molecule has 0 aromatic heterocycles. The van der Waals surface area contributed by atoms with E-state index in [1.165, 1.54) is 70.6 Å². The van der Waals surface area contributed by atoms with Gasteiger partial charge in [-0.05, 0) is 77.0 Å². The zero-order valence-electron chi connectivity index (χ0n) is 28.7. The van der Waals surface area contributed by atoms with E-state index in [9.17, 15) is 14.7 Å². The smallest absolute Gasteiger partial charge is 0.306 e. The first-order chi connectivity index (χ1) is 21.6. The van der Waals surface area contributed by atoms with Crippen LogP contribution in [0.4, 0.5) is 0 Å². The van der Waals surface area contributed by atoms with Crippen LogP contribution in [-0.2, 0) is 19.1 Å². The summed E-state index contributed by atoms with van der Waals surface area (Å²) in [6, 6.07) is 0. The van der Waals surface area contributed by atoms with E-state index in [4.69, 9.17) is 9.47 Å². The first-order valence-electron chi connectivity index (χ1n) is 18.2. The normalized spacial score (nSPS) is 12.7. The monoisotopic (exact) mass is 617 g/mol. The minimum Gasteiger partial charge on any atom is -0.462 e. The molecule has 1 N–H and O–H groups in total. The molecule has 44 heavy (non-hydrogen) atoms. The highest BCUT2D eigenvalue weighted by molar-refractivity contribution is 5.70. The second-order valence-corrected chi connectivity index (χ2v) is 11.9. The summed E-state index contributed by atoms with van der Waals surface area (Å²) >= 11 is 0. The van der Waals surface area contributed by atoms with Gasteiger partial charge in [0.15, 0.2) is 6.10 Å². The fraction of sp³-hybridized carbons (Fsp3) is 0.744. The number of allylic oxidation sites excluding steroid dienone is 8. The molecule has 5 heteroatoms. The van der Waals surface area contributed by atoms with Gasteiger partial charge in [0.1, 0.15) is 6.61 Å². The van der Waals surface area contributed by atoms with Gasteiger partial charge in [-0.3, -0.25) is 9.59 Å². The molecule has 5 nitrogen and oxygen atoms in total. The topological polar surface area (TPSA) is 72.8 Å². The third-order valence-electron chi connectivity index (χ3n) is 7.60. The number of aliphatic hydroxyl groups is 1. The SMILES string of the molecule is CCCCC/C=C/C/C=C/CCCCCCCC(=O)OC[C@H](CO)OC(=O)CCCCCCC/C=C/C/C=C/CCCCC. The summed E-state index contributed by atoms with van der Waals surface area (Å²) in [5.41, 5.74) is 0. The van der Waals surface area contributed by atoms with Gasteiger partial charge in [-0.2, -0.15) is 0 Å². The molecule has 0 saturated heterocycles. The van der Waals surface area contributed by atoms with Gasteiger partial charge in [0.2, 0.25) is 0 Å². The second-order valence-electron chi connectivity index (χ2n) is 11.9. The fourth-order valence-corrected chi connectivity index (χ4v) is 4.79. The van der Waals surface area contributed by atoms with Gasteiger partial charge in [-0.1, -0.05) is 127 Å². The van der Waals surface area contributed by atoms with Gasteiger partial charge in [-0.15, -0.1) is 0 Å². The Morgan fingerprint density at radius 2 is 0.909 bits per heavy atom. The number of rotatable bonds is 32. The maximum atomic E-state index is 12.1. The number of hydrogen-bond donors (Lipinski definition) is 1. The Labute approximate surface area is 271 Å². The molecule has 0 bridgehead atoms. The molecular weight excluding hydrogens is 548 g/mol. The average Bonchev–Trinajstić information content (AvgIpc) is 3.02. The van der Waals surface area contributed by atoms with Gasteiger partial charge in [-0.25, -0.2) is 0 Å². The molecule has 0 aliphatic carbocycles. The van der Waals surface area contributed by atoms with Crippen molar-refractivity contribution < 1.29 is 24.2 Å². The molecule has 0 fully saturated rings. The molecule has 254 valence electrons. The van der Waals surface area contributed by atoms with Crippen molar-refractivity contribution in [2.45, 2.75) is 174 Å². The summed E-state index contributed by atoms with van der Waals surface area (Å²) < 4.78 is 10.6. The van der Waals surface area contributed by atoms with Crippen molar-refractivity contribution >= 4 is 11.9 Å². The summed E-state index contributed by atoms with van der Waals surface area (Å²) in [6.45, 7) is 4.04. The predicted molar refractivity (Wildman–Crippen MR) is 187 cm³/mol. The van der Waals surface area contributed by atoms with Crippen molar-refractivity contribution in [2.75, 3.05) is 13.2 Å². The standard InChI is InChI=1S/C39H68O5/c1-3-5-7-9-11-13-15-17-19-21-23-25-27-29-31-33-38(41)43-36-37(35-40)44-39(42)34-32-30-28-26-24-22-20-18-16-14-12-10-8-6-4-2/h11-14,17-20,37,40H,3-10,15-16,21-36H2,1-2H3/b13-11+,14-12+,19-17+,20-18+/t37-/m0/s1. The molecule has 0 aromatic carbocycles. The van der Waals surface area contributed by atoms with Crippen LogP contribution in [0.25, 0.3) is 0 Å². The zero-order chi connectivity index (χ0) is 32.2. The van der Waals surface area contributed by atoms with E-state index in [1.807, 2.05) is 0 Å². The van der Waals surface area contributed by atoms with Crippen molar-refractivity contribution in [1.29, 1.82) is 0 Å². The molecule has 0 radical (unpaired) electrons. The summed E-state index contributed by atoms with van der Waals surface area (Å²) in [5, 5.41) is 9.52. The number of unbranched alkanes of at least 4 members (excludes halogenated alkanes) is 16. The lowest BCUT2D eigenvalue weighted by Gasteiger charge is -2.15. The molecule has 0 heterocycles. The highest BCUT2D eigenvalue weighted by Crippen LogP contribution is 2.11. The van der Waals surface area contributed by atoms with Crippen LogP contribution >= 0.6 is 0 Å². The lowest BCUT2D eigenvalue weighted by atomic mass is 10.1. The van der Waals surface area contributed by atoms with E-state index in [1.54, 1.807) is 0 Å². The van der Waals surface area contributed by atoms with Crippen LogP contribution in [-0.4, -0.2) is 36.4 Å². The Balaban J connectivity index is 3.64. The number of aliphatic hydroxyl groups excluding tert-OH is 1. The van der Waals surface area contributed by atoms with Crippen LogP contribution < -0.4 is 0 Å². The Bertz CT molecular complexity index is 752. The van der Waals surface area contributed by atoms with Crippen molar-refractivity contribution in [2.24, 2.45) is 0 Å². The highest BCUT2D eigenvalue weighted by Gasteiger charge is 2.16. The van der Waals surface area contributed by atoms with Gasteiger partial charge in [0.05, 0.1) is 6.61 Å². The Morgan fingerprint density at radius 3 is 1.34 bits per heavy atom. The van der Waals surface area contributed by atoms with Crippen LogP contribution in [0.3, 0.4) is 0 Å². The van der Waals surface area contributed by atoms with Crippen LogP contribution in [0.2, 0.25) is 0 Å². The van der Waals surface area contributed by atoms with E-state index < -0.39 is 6.10 Å². The largest absolute Gasteiger partial charge is 0.462 e. The Kier molecular flexibility index (Phi) is 33.6. The number of esters is 2. The Hall–Kier alpha value is -2.14. The molecule has 0 rings (SSSR count). The molecule has 0 aliphatic rings. The van der Waals surface area contributed by atoms with Gasteiger partial charge >= 0.3 is 11.9 Å². The summed E-state index contributed by atoms with van der Waals surface area (Å²) in [5.74, 6) is -0.626. The van der Waals surface area contributed by atoms with Crippen molar-refractivity contribution in [3.63, 3.8) is 0 Å². The van der Waals surface area contributed by atoms with E-state index in [-0.39, 0.29) is 25.2 Å². The maximum Gasteiger partial charge on any atom is 0.306 e. The van der Waals surface area contributed by atoms with E-state index in [2.05, 4.69) is 62.5 Å². The van der Waals surface area contributed by atoms with E-state index >= 15 is 0 Å². The molecule has 0 aliphatic heterocycles. The van der Waals surface area contributed by atoms with Crippen molar-refractivity contribution in [3.8, 4) is 0 Å². The molecule has 0 saturated carbocycles. The van der Waals surface area contributed by atoms with Crippen LogP contribution in [0.1, 0.15) is 168 Å². The predicted octanol–water partition coefficient (Wildman–Crippen LogP) is 11.1. The number of carbonyl (C=O) groups is 2. The fourth-order valence-electron chi connectivity index (χ4n) is 4.79. The average molecular weight is 617 g/mol. The van der Waals surface area contributed by atoms with Crippen molar-refractivity contribution in [1.82, 2.24) is 0 Å². The van der Waals surface area contributed by atoms with Gasteiger partial charge in [0.25, 0.3) is 0 Å². The summed E-state index contributed by atoms with van der Waals surface area (Å²) in [7, 11) is 0. The first kappa shape index (κ1) is 41.9. The van der Waals surface area contributed by atoms with Crippen molar-refractivity contribution in [3.05, 3.63) is 48.6 Å². The first-order valence-corrected chi connectivity index (χ1v) is 18.2. The highest BCUT2D eigenvalue weighted by atomic mass is 16.6. The van der Waals surface area contributed by atoms with Crippen LogP contribution in [0.15, 0.2) is 48.6 Å². The molecule has 1 atom stereocenters. The van der Waals surface area contributed by atoms with Crippen LogP contribution in [0, 0.1) is 0 Å². The summed E-state index contributed by atoms with van der Waals surface area (Å²) in [4.78, 5) is 24.2. The Morgan fingerprint density at radius 1 is 0.523 bits per heavy atom. The summed E-state index contributed by atoms with van der Waals surface area (Å²) in [6.07, 6.45) is 43.0. The third kappa shape index (κ3) is 32.8. The molecular formula is C39H68O5. The second kappa shape index (κ2) is 35.3. The van der Waals surface area contributed by atoms with E-state index in [0.717, 1.165) is 70.6 Å². The maximum absolute atomic E-state index is 12.1. The molecule has 0 aromatic rings. The quantitative estimate of drug-likeness (QED) is 0.0462. The van der Waals surface area contributed by atoms with E-state index in [0.29, 0.717) is 12.8 Å². The van der Waals surface area contributed by atoms with Gasteiger partial charge in [0, 0.05) is 12.8 Å². The number of hydrogen-bond acceptors (Lipinski definition) is 5. The molecule has 0 spiro atoms. The minimum atomic E-state index is -0.783. The third-order valence-corrected chi connectivity index (χ3v) is 7.60. The van der Waals surface area contributed by atoms with Crippen LogP contribution in [0.5, 0.6) is 0 Å². The molecule has 0 amide bonds. The lowest BCUT2D eigenvalue weighted by Crippen LogP contribution is -2.28. The lowest BCUT2D eigenvalue weighted by molar-refractivity contribution is -0.161. The van der Waals surface area contributed by atoms with Gasteiger partial charge < -0.3 is 14.6 Å². The molecule has 0 unspecified atom stereocenters.